The Labute approximate surface area is 76.3 Å². The molecule has 2 bridgehead atoms. The van der Waals surface area contributed by atoms with E-state index in [1.807, 2.05) is 6.08 Å². The summed E-state index contributed by atoms with van der Waals surface area (Å²) in [5.41, 5.74) is 0. The zero-order valence-electron chi connectivity index (χ0n) is 7.43. The fourth-order valence-corrected chi connectivity index (χ4v) is 2.67. The Morgan fingerprint density at radius 3 is 2.31 bits per heavy atom. The lowest BCUT2D eigenvalue weighted by atomic mass is 9.62. The van der Waals surface area contributed by atoms with E-state index in [4.69, 9.17) is 0 Å². The summed E-state index contributed by atoms with van der Waals surface area (Å²) in [5.74, 6) is 0.547. The van der Waals surface area contributed by atoms with Gasteiger partial charge in [0.05, 0.1) is 0 Å². The van der Waals surface area contributed by atoms with E-state index in [1.54, 1.807) is 0 Å². The Morgan fingerprint density at radius 2 is 1.92 bits per heavy atom. The Kier molecular flexibility index (Phi) is 2.16. The third kappa shape index (κ3) is 2.09. The largest absolute Gasteiger partial charge is 0.478 e. The first-order valence-electron chi connectivity index (χ1n) is 4.94. The predicted molar refractivity (Wildman–Crippen MR) is 47.3 cm³/mol. The molecule has 0 aliphatic heterocycles. The van der Waals surface area contributed by atoms with Crippen molar-refractivity contribution in [3.8, 4) is 0 Å². The van der Waals surface area contributed by atoms with Crippen LogP contribution < -0.4 is 0 Å². The molecule has 0 heterocycles. The Balaban J connectivity index is 1.99. The van der Waals surface area contributed by atoms with Crippen LogP contribution in [-0.4, -0.2) is 6.98 Å². The molecule has 3 aliphatic rings. The van der Waals surface area contributed by atoms with E-state index in [9.17, 15) is 12.9 Å². The zero-order chi connectivity index (χ0) is 9.47. The van der Waals surface area contributed by atoms with Gasteiger partial charge >= 0.3 is 6.98 Å². The highest BCUT2D eigenvalue weighted by Gasteiger charge is 2.36. The van der Waals surface area contributed by atoms with Crippen LogP contribution in [0.1, 0.15) is 19.3 Å². The lowest BCUT2D eigenvalue weighted by Crippen LogP contribution is -2.32. The number of hydrogen-bond acceptors (Lipinski definition) is 0. The second-order valence-corrected chi connectivity index (χ2v) is 4.33. The van der Waals surface area contributed by atoms with Gasteiger partial charge in [-0.1, -0.05) is 24.4 Å². The Bertz CT molecular complexity index is 221. The molecular formula is C9H13BF3-. The molecule has 1 saturated carbocycles. The van der Waals surface area contributed by atoms with Gasteiger partial charge in [0, 0.05) is 0 Å². The molecule has 0 saturated heterocycles. The van der Waals surface area contributed by atoms with Gasteiger partial charge in [0.25, 0.3) is 0 Å². The van der Waals surface area contributed by atoms with Gasteiger partial charge in [-0.05, 0) is 31.1 Å². The molecule has 0 spiro atoms. The van der Waals surface area contributed by atoms with Crippen LogP contribution in [0.5, 0.6) is 0 Å². The van der Waals surface area contributed by atoms with Crippen molar-refractivity contribution in [3.05, 3.63) is 12.2 Å². The smallest absolute Gasteiger partial charge is 0.449 e. The van der Waals surface area contributed by atoms with Gasteiger partial charge in [-0.2, -0.15) is 0 Å². The predicted octanol–water partition coefficient (Wildman–Crippen LogP) is 3.44. The average molecular weight is 189 g/mol. The molecule has 0 N–H and O–H groups in total. The standard InChI is InChI=1S/C9H13BF3/c11-10(12,13)6-9-5-7-1-3-8(9)4-2-7/h1,3,7-9H,2,4-6H2/q-1. The lowest BCUT2D eigenvalue weighted by molar-refractivity contribution is 0.225. The van der Waals surface area contributed by atoms with Crippen molar-refractivity contribution in [2.24, 2.45) is 17.8 Å². The molecule has 4 heteroatoms. The van der Waals surface area contributed by atoms with E-state index in [1.165, 1.54) is 0 Å². The minimum absolute atomic E-state index is 0.108. The van der Waals surface area contributed by atoms with Crippen molar-refractivity contribution in [2.75, 3.05) is 0 Å². The first-order valence-corrected chi connectivity index (χ1v) is 4.94. The van der Waals surface area contributed by atoms with Crippen LogP contribution in [0, 0.1) is 17.8 Å². The maximum Gasteiger partial charge on any atom is 0.478 e. The summed E-state index contributed by atoms with van der Waals surface area (Å²) in [5, 5.41) is 0. The first kappa shape index (κ1) is 9.16. The molecule has 0 aromatic carbocycles. The molecule has 3 aliphatic carbocycles. The van der Waals surface area contributed by atoms with Crippen LogP contribution in [0.15, 0.2) is 12.2 Å². The van der Waals surface area contributed by atoms with E-state index >= 15 is 0 Å². The van der Waals surface area contributed by atoms with Crippen molar-refractivity contribution >= 4 is 6.98 Å². The zero-order valence-corrected chi connectivity index (χ0v) is 7.43. The molecule has 0 nitrogen and oxygen atoms in total. The van der Waals surface area contributed by atoms with E-state index in [-0.39, 0.29) is 11.8 Å². The van der Waals surface area contributed by atoms with Crippen molar-refractivity contribution < 1.29 is 12.9 Å². The summed E-state index contributed by atoms with van der Waals surface area (Å²) < 4.78 is 36.6. The first-order chi connectivity index (χ1) is 6.04. The summed E-state index contributed by atoms with van der Waals surface area (Å²) in [7, 11) is 0. The van der Waals surface area contributed by atoms with Gasteiger partial charge in [-0.15, -0.1) is 0 Å². The minimum atomic E-state index is -4.58. The molecule has 13 heavy (non-hydrogen) atoms. The van der Waals surface area contributed by atoms with Gasteiger partial charge in [-0.25, -0.2) is 0 Å². The number of allylic oxidation sites excluding steroid dienone is 2. The van der Waals surface area contributed by atoms with Gasteiger partial charge < -0.3 is 12.9 Å². The second kappa shape index (κ2) is 3.07. The van der Waals surface area contributed by atoms with E-state index in [2.05, 4.69) is 6.08 Å². The van der Waals surface area contributed by atoms with Crippen LogP contribution >= 0.6 is 0 Å². The molecule has 3 atom stereocenters. The number of hydrogen-bond donors (Lipinski definition) is 0. The summed E-state index contributed by atoms with van der Waals surface area (Å²) in [4.78, 5) is 0. The third-order valence-corrected chi connectivity index (χ3v) is 3.28. The molecule has 0 aromatic rings. The van der Waals surface area contributed by atoms with Gasteiger partial charge in [0.1, 0.15) is 0 Å². The molecule has 0 radical (unpaired) electrons. The fourth-order valence-electron chi connectivity index (χ4n) is 2.67. The van der Waals surface area contributed by atoms with Crippen LogP contribution in [0.2, 0.25) is 6.32 Å². The fraction of sp³-hybridized carbons (Fsp3) is 0.778. The maximum absolute atomic E-state index is 12.2. The van der Waals surface area contributed by atoms with Crippen LogP contribution in [0.4, 0.5) is 12.9 Å². The minimum Gasteiger partial charge on any atom is -0.449 e. The van der Waals surface area contributed by atoms with E-state index < -0.39 is 13.3 Å². The molecule has 0 aromatic heterocycles. The highest BCUT2D eigenvalue weighted by Crippen LogP contribution is 2.44. The van der Waals surface area contributed by atoms with Crippen LogP contribution in [0.3, 0.4) is 0 Å². The Hall–Kier alpha value is -0.405. The summed E-state index contributed by atoms with van der Waals surface area (Å²) in [6.07, 6.45) is 6.42. The topological polar surface area (TPSA) is 0 Å². The van der Waals surface area contributed by atoms with Crippen LogP contribution in [-0.2, 0) is 0 Å². The van der Waals surface area contributed by atoms with Gasteiger partial charge in [0.2, 0.25) is 0 Å². The number of halogens is 3. The highest BCUT2D eigenvalue weighted by atomic mass is 19.4. The van der Waals surface area contributed by atoms with Crippen molar-refractivity contribution in [3.63, 3.8) is 0 Å². The molecule has 0 amide bonds. The quantitative estimate of drug-likeness (QED) is 0.461. The molecule has 74 valence electrons. The van der Waals surface area contributed by atoms with Gasteiger partial charge in [-0.3, -0.25) is 0 Å². The SMILES string of the molecule is F[B-](F)(F)CC1CC2C=CC1CC2. The van der Waals surface area contributed by atoms with Gasteiger partial charge in [0.15, 0.2) is 0 Å². The lowest BCUT2D eigenvalue weighted by Gasteiger charge is -2.40. The van der Waals surface area contributed by atoms with Crippen molar-refractivity contribution in [1.29, 1.82) is 0 Å². The van der Waals surface area contributed by atoms with Crippen molar-refractivity contribution in [1.82, 2.24) is 0 Å². The highest BCUT2D eigenvalue weighted by molar-refractivity contribution is 6.58. The Morgan fingerprint density at radius 1 is 1.15 bits per heavy atom. The van der Waals surface area contributed by atoms with E-state index in [0.717, 1.165) is 19.3 Å². The number of fused-ring (bicyclic) bond motifs is 2. The summed E-state index contributed by atoms with van der Waals surface area (Å²) in [6, 6.07) is 0. The number of rotatable bonds is 2. The summed E-state index contributed by atoms with van der Waals surface area (Å²) >= 11 is 0. The monoisotopic (exact) mass is 189 g/mol. The molecule has 3 unspecified atom stereocenters. The third-order valence-electron chi connectivity index (χ3n) is 3.28. The average Bonchev–Trinajstić information content (AvgIpc) is 2.03. The maximum atomic E-state index is 12.2. The summed E-state index contributed by atoms with van der Waals surface area (Å²) in [6.45, 7) is -4.58. The van der Waals surface area contributed by atoms with E-state index in [0.29, 0.717) is 5.92 Å². The van der Waals surface area contributed by atoms with Crippen molar-refractivity contribution in [2.45, 2.75) is 25.6 Å². The van der Waals surface area contributed by atoms with Crippen LogP contribution in [0.25, 0.3) is 0 Å². The molecule has 3 rings (SSSR count). The normalized spacial score (nSPS) is 38.2. The second-order valence-electron chi connectivity index (χ2n) is 4.33. The molecule has 1 fully saturated rings. The molecular weight excluding hydrogens is 176 g/mol.